The molecular formula is C15H19BrN2OS. The average molecular weight is 355 g/mol. The van der Waals surface area contributed by atoms with Gasteiger partial charge in [0.25, 0.3) is 5.91 Å². The first kappa shape index (κ1) is 15.4. The fourth-order valence-corrected chi connectivity index (χ4v) is 3.02. The van der Waals surface area contributed by atoms with Crippen molar-refractivity contribution in [1.82, 2.24) is 10.6 Å². The second-order valence-electron chi connectivity index (χ2n) is 5.23. The van der Waals surface area contributed by atoms with Gasteiger partial charge in [0.1, 0.15) is 0 Å². The summed E-state index contributed by atoms with van der Waals surface area (Å²) in [4.78, 5) is 12.1. The van der Waals surface area contributed by atoms with E-state index in [1.54, 1.807) is 6.07 Å². The van der Waals surface area contributed by atoms with Crippen molar-refractivity contribution in [3.8, 4) is 0 Å². The van der Waals surface area contributed by atoms with Crippen LogP contribution in [0, 0.1) is 6.92 Å². The summed E-state index contributed by atoms with van der Waals surface area (Å²) in [6, 6.07) is 5.93. The Hall–Kier alpha value is -0.940. The third-order valence-corrected chi connectivity index (χ3v) is 4.68. The Balaban J connectivity index is 1.89. The van der Waals surface area contributed by atoms with Gasteiger partial charge < -0.3 is 5.32 Å². The summed E-state index contributed by atoms with van der Waals surface area (Å²) >= 11 is 8.65. The molecule has 20 heavy (non-hydrogen) atoms. The second-order valence-corrected chi connectivity index (χ2v) is 6.49. The molecule has 2 N–H and O–H groups in total. The average Bonchev–Trinajstić information content (AvgIpc) is 2.42. The number of rotatable bonds is 2. The zero-order chi connectivity index (χ0) is 14.5. The smallest absolute Gasteiger partial charge is 0.257 e. The molecule has 1 aromatic carbocycles. The Labute approximate surface area is 133 Å². The first-order valence-electron chi connectivity index (χ1n) is 6.94. The number of thiocarbonyl (C=S) groups is 1. The molecule has 5 heteroatoms. The normalized spacial score (nSPS) is 15.7. The molecular weight excluding hydrogens is 336 g/mol. The number of halogens is 1. The monoisotopic (exact) mass is 354 g/mol. The van der Waals surface area contributed by atoms with Gasteiger partial charge in [-0.15, -0.1) is 0 Å². The van der Waals surface area contributed by atoms with Crippen molar-refractivity contribution in [2.75, 3.05) is 0 Å². The van der Waals surface area contributed by atoms with Crippen LogP contribution in [0.5, 0.6) is 0 Å². The first-order valence-corrected chi connectivity index (χ1v) is 8.14. The summed E-state index contributed by atoms with van der Waals surface area (Å²) in [7, 11) is 0. The number of benzene rings is 1. The fourth-order valence-electron chi connectivity index (χ4n) is 2.38. The summed E-state index contributed by atoms with van der Waals surface area (Å²) in [5.41, 5.74) is 1.71. The lowest BCUT2D eigenvalue weighted by molar-refractivity contribution is 0.0976. The highest BCUT2D eigenvalue weighted by Gasteiger charge is 2.15. The number of carbonyl (C=O) groups excluding carboxylic acids is 1. The van der Waals surface area contributed by atoms with Crippen molar-refractivity contribution < 1.29 is 4.79 Å². The molecule has 0 saturated heterocycles. The molecule has 2 rings (SSSR count). The molecule has 0 atom stereocenters. The van der Waals surface area contributed by atoms with E-state index >= 15 is 0 Å². The van der Waals surface area contributed by atoms with Crippen molar-refractivity contribution in [2.24, 2.45) is 0 Å². The summed E-state index contributed by atoms with van der Waals surface area (Å²) in [5.74, 6) is -0.168. The Kier molecular flexibility index (Phi) is 5.54. The quantitative estimate of drug-likeness (QED) is 0.795. The van der Waals surface area contributed by atoms with E-state index < -0.39 is 0 Å². The van der Waals surface area contributed by atoms with E-state index in [1.165, 1.54) is 19.3 Å². The molecule has 1 fully saturated rings. The van der Waals surface area contributed by atoms with E-state index in [-0.39, 0.29) is 5.91 Å². The molecule has 0 unspecified atom stereocenters. The predicted octanol–water partition coefficient (Wildman–Crippen LogP) is 3.69. The number of nitrogens with one attached hydrogen (secondary N) is 2. The fraction of sp³-hybridized carbons (Fsp3) is 0.467. The van der Waals surface area contributed by atoms with Crippen molar-refractivity contribution in [3.05, 3.63) is 33.8 Å². The standard InChI is InChI=1S/C15H19BrN2OS/c1-10-7-8-11(9-13(10)16)14(19)18-15(20)17-12-5-3-2-4-6-12/h7-9,12H,2-6H2,1H3,(H2,17,18,19,20). The van der Waals surface area contributed by atoms with Crippen molar-refractivity contribution >= 4 is 39.2 Å². The van der Waals surface area contributed by atoms with Crippen LogP contribution in [-0.4, -0.2) is 17.1 Å². The van der Waals surface area contributed by atoms with Crippen LogP contribution in [0.3, 0.4) is 0 Å². The van der Waals surface area contributed by atoms with E-state index in [9.17, 15) is 4.79 Å². The van der Waals surface area contributed by atoms with Gasteiger partial charge in [-0.1, -0.05) is 41.3 Å². The summed E-state index contributed by atoms with van der Waals surface area (Å²) in [5, 5.41) is 6.41. The lowest BCUT2D eigenvalue weighted by Gasteiger charge is -2.24. The number of carbonyl (C=O) groups is 1. The Morgan fingerprint density at radius 1 is 1.30 bits per heavy atom. The largest absolute Gasteiger partial charge is 0.360 e. The highest BCUT2D eigenvalue weighted by atomic mass is 79.9. The van der Waals surface area contributed by atoms with Gasteiger partial charge in [-0.2, -0.15) is 0 Å². The zero-order valence-electron chi connectivity index (χ0n) is 11.5. The third kappa shape index (κ3) is 4.28. The lowest BCUT2D eigenvalue weighted by Crippen LogP contribution is -2.45. The van der Waals surface area contributed by atoms with Crippen LogP contribution in [0.1, 0.15) is 48.0 Å². The maximum Gasteiger partial charge on any atom is 0.257 e. The highest BCUT2D eigenvalue weighted by molar-refractivity contribution is 9.10. The Bertz CT molecular complexity index is 513. The van der Waals surface area contributed by atoms with Gasteiger partial charge in [-0.25, -0.2) is 0 Å². The van der Waals surface area contributed by atoms with E-state index in [0.29, 0.717) is 16.7 Å². The summed E-state index contributed by atoms with van der Waals surface area (Å²) in [6.07, 6.45) is 6.03. The molecule has 1 aliphatic carbocycles. The minimum atomic E-state index is -0.168. The van der Waals surface area contributed by atoms with E-state index in [4.69, 9.17) is 12.2 Å². The van der Waals surface area contributed by atoms with Gasteiger partial charge >= 0.3 is 0 Å². The van der Waals surface area contributed by atoms with E-state index in [0.717, 1.165) is 22.9 Å². The minimum Gasteiger partial charge on any atom is -0.360 e. The van der Waals surface area contributed by atoms with Crippen LogP contribution < -0.4 is 10.6 Å². The second kappa shape index (κ2) is 7.18. The van der Waals surface area contributed by atoms with Crippen LogP contribution in [0.2, 0.25) is 0 Å². The van der Waals surface area contributed by atoms with Crippen LogP contribution in [0.25, 0.3) is 0 Å². The molecule has 0 radical (unpaired) electrons. The molecule has 3 nitrogen and oxygen atoms in total. The van der Waals surface area contributed by atoms with Gasteiger partial charge in [-0.3, -0.25) is 10.1 Å². The van der Waals surface area contributed by atoms with Crippen molar-refractivity contribution in [3.63, 3.8) is 0 Å². The van der Waals surface area contributed by atoms with Crippen molar-refractivity contribution in [1.29, 1.82) is 0 Å². The van der Waals surface area contributed by atoms with Crippen LogP contribution >= 0.6 is 28.1 Å². The third-order valence-electron chi connectivity index (χ3n) is 3.60. The molecule has 1 saturated carbocycles. The van der Waals surface area contributed by atoms with Gasteiger partial charge in [0.15, 0.2) is 5.11 Å². The SMILES string of the molecule is Cc1ccc(C(=O)NC(=S)NC2CCCCC2)cc1Br. The van der Waals surface area contributed by atoms with Crippen LogP contribution in [0.4, 0.5) is 0 Å². The molecule has 0 aromatic heterocycles. The van der Waals surface area contributed by atoms with Gasteiger partial charge in [0, 0.05) is 16.1 Å². The Morgan fingerprint density at radius 3 is 2.65 bits per heavy atom. The Morgan fingerprint density at radius 2 is 2.00 bits per heavy atom. The van der Waals surface area contributed by atoms with Crippen LogP contribution in [-0.2, 0) is 0 Å². The summed E-state index contributed by atoms with van der Waals surface area (Å²) < 4.78 is 0.927. The molecule has 0 spiro atoms. The van der Waals surface area contributed by atoms with Gasteiger partial charge in [0.2, 0.25) is 0 Å². The topological polar surface area (TPSA) is 41.1 Å². The molecule has 1 aliphatic rings. The molecule has 1 aromatic rings. The lowest BCUT2D eigenvalue weighted by atomic mass is 9.96. The summed E-state index contributed by atoms with van der Waals surface area (Å²) in [6.45, 7) is 1.99. The molecule has 0 heterocycles. The van der Waals surface area contributed by atoms with E-state index in [2.05, 4.69) is 26.6 Å². The molecule has 0 bridgehead atoms. The molecule has 1 amide bonds. The number of amides is 1. The minimum absolute atomic E-state index is 0.168. The maximum absolute atomic E-state index is 12.1. The highest BCUT2D eigenvalue weighted by Crippen LogP contribution is 2.18. The maximum atomic E-state index is 12.1. The number of hydrogen-bond donors (Lipinski definition) is 2. The number of aryl methyl sites for hydroxylation is 1. The molecule has 0 aliphatic heterocycles. The first-order chi connectivity index (χ1) is 9.56. The predicted molar refractivity (Wildman–Crippen MR) is 89.0 cm³/mol. The van der Waals surface area contributed by atoms with E-state index in [1.807, 2.05) is 19.1 Å². The van der Waals surface area contributed by atoms with Gasteiger partial charge in [0.05, 0.1) is 0 Å². The molecule has 108 valence electrons. The van der Waals surface area contributed by atoms with Gasteiger partial charge in [-0.05, 0) is 49.7 Å². The number of hydrogen-bond acceptors (Lipinski definition) is 2. The zero-order valence-corrected chi connectivity index (χ0v) is 13.9. The van der Waals surface area contributed by atoms with Crippen LogP contribution in [0.15, 0.2) is 22.7 Å². The van der Waals surface area contributed by atoms with Crippen molar-refractivity contribution in [2.45, 2.75) is 45.1 Å².